The van der Waals surface area contributed by atoms with E-state index in [0.29, 0.717) is 90.6 Å². The quantitative estimate of drug-likeness (QED) is 0.0158. The summed E-state index contributed by atoms with van der Waals surface area (Å²) in [5.74, 6) is 2.16. The van der Waals surface area contributed by atoms with E-state index in [-0.39, 0.29) is 92.0 Å². The average Bonchev–Trinajstić information content (AvgIpc) is 1.63. The highest BCUT2D eigenvalue weighted by Gasteiger charge is 2.42. The Kier molecular flexibility index (Phi) is 37.5. The first-order valence-corrected chi connectivity index (χ1v) is 52.6. The van der Waals surface area contributed by atoms with Crippen LogP contribution in [0.15, 0.2) is 274 Å². The van der Waals surface area contributed by atoms with Crippen LogP contribution in [0, 0.1) is 71.1 Å². The number of nitrogens with zero attached hydrogens (tertiary/aromatic N) is 6. The lowest BCUT2D eigenvalue weighted by Gasteiger charge is -2.42. The molecule has 1 atom stereocenters. The van der Waals surface area contributed by atoms with Gasteiger partial charge in [0.05, 0.1) is 44.4 Å². The maximum atomic E-state index is 13.8. The number of aromatic nitrogens is 6. The van der Waals surface area contributed by atoms with Gasteiger partial charge in [0.1, 0.15) is 45.3 Å². The lowest BCUT2D eigenvalue weighted by atomic mass is 9.70. The van der Waals surface area contributed by atoms with E-state index >= 15 is 0 Å². The van der Waals surface area contributed by atoms with Crippen molar-refractivity contribution < 1.29 is 46.3 Å². The molecule has 6 amide bonds. The fraction of sp³-hybridized carbons (Fsp3) is 0.397. The Morgan fingerprint density at radius 2 is 0.743 bits per heavy atom. The lowest BCUT2D eigenvalue weighted by Crippen LogP contribution is -2.54. The summed E-state index contributed by atoms with van der Waals surface area (Å²) >= 11 is 0. The van der Waals surface area contributed by atoms with Crippen LogP contribution in [-0.4, -0.2) is 99.1 Å². The third-order valence-electron chi connectivity index (χ3n) is 28.7. The number of fused-ring (bicyclic) bond motifs is 6. The molecular weight excluding hydrogens is 1850 g/mol. The molecule has 6 N–H and O–H groups in total. The van der Waals surface area contributed by atoms with E-state index in [1.807, 2.05) is 134 Å². The van der Waals surface area contributed by atoms with Gasteiger partial charge >= 0.3 is 0 Å². The zero-order valence-corrected chi connectivity index (χ0v) is 89.1. The number of hydrogen-bond acceptors (Lipinski definition) is 12. The lowest BCUT2D eigenvalue weighted by molar-refractivity contribution is 0.0802. The van der Waals surface area contributed by atoms with Crippen molar-refractivity contribution in [1.82, 2.24) is 61.8 Å². The second-order valence-electron chi connectivity index (χ2n) is 45.2. The minimum absolute atomic E-state index is 0.0204. The summed E-state index contributed by atoms with van der Waals surface area (Å²) in [4.78, 5) is 102. The average molecular weight is 2000 g/mol. The number of carbonyl (C=O) groups is 6. The summed E-state index contributed by atoms with van der Waals surface area (Å²) in [6.45, 7) is 41.4. The SMILES string of the molecule is C=C(C)CC(CC)(CC(=C)C)NC(=O)c1cnc2c(F)cccc2c1.CC(C)(Cc1ccccc1)C(C)(C)NC(=O)c1cnc2c(F)cccc2c1.CC(C)CC(C)CC(C)(C)NC(=O)c1cnc2c(F)cccc2c1.CC(CC1CC1)(CC1CC1)NC(=O)c1cnc2ccccc2c1.Cc1cccc2cc(C(=O)NC(C)(C)CCCc3ccccc3)cnc12.O=C(NC(CC1CC1)CC1CC1)c1cnc2c(F)cccc2c1. The molecule has 0 saturated heterocycles. The molecule has 6 aromatic heterocycles. The van der Waals surface area contributed by atoms with Gasteiger partial charge in [-0.2, -0.15) is 0 Å². The summed E-state index contributed by atoms with van der Waals surface area (Å²) in [5.41, 5.74) is 10.1. The van der Waals surface area contributed by atoms with E-state index in [9.17, 15) is 46.3 Å². The third-order valence-corrected chi connectivity index (χ3v) is 28.7. The molecule has 148 heavy (non-hydrogen) atoms. The Morgan fingerprint density at radius 1 is 0.392 bits per heavy atom. The topological polar surface area (TPSA) is 252 Å². The van der Waals surface area contributed by atoms with Crippen molar-refractivity contribution >= 4 is 101 Å². The smallest absolute Gasteiger partial charge is 0.253 e. The second kappa shape index (κ2) is 49.8. The van der Waals surface area contributed by atoms with E-state index in [1.54, 1.807) is 85.2 Å². The van der Waals surface area contributed by atoms with Crippen LogP contribution in [0.5, 0.6) is 0 Å². The van der Waals surface area contributed by atoms with Gasteiger partial charge in [0.25, 0.3) is 35.4 Å². The maximum Gasteiger partial charge on any atom is 0.253 e. The fourth-order valence-electron chi connectivity index (χ4n) is 19.9. The van der Waals surface area contributed by atoms with Gasteiger partial charge in [0.15, 0.2) is 0 Å². The molecule has 14 aromatic rings. The molecule has 4 fully saturated rings. The zero-order valence-electron chi connectivity index (χ0n) is 89.1. The predicted molar refractivity (Wildman–Crippen MR) is 592 cm³/mol. The van der Waals surface area contributed by atoms with Crippen molar-refractivity contribution in [2.24, 2.45) is 40.9 Å². The Morgan fingerprint density at radius 3 is 1.16 bits per heavy atom. The minimum atomic E-state index is -0.461. The van der Waals surface area contributed by atoms with Crippen molar-refractivity contribution in [3.05, 3.63) is 347 Å². The van der Waals surface area contributed by atoms with Gasteiger partial charge in [-0.25, -0.2) is 17.6 Å². The summed E-state index contributed by atoms with van der Waals surface area (Å²) in [6, 6.07) is 64.6. The van der Waals surface area contributed by atoms with Crippen molar-refractivity contribution in [2.45, 2.75) is 279 Å². The van der Waals surface area contributed by atoms with Gasteiger partial charge in [0, 0.05) is 103 Å². The molecule has 0 aliphatic heterocycles. The second-order valence-corrected chi connectivity index (χ2v) is 45.2. The number of nitrogens with one attached hydrogen (secondary N) is 6. The molecule has 6 heterocycles. The van der Waals surface area contributed by atoms with Gasteiger partial charge in [-0.15, -0.1) is 13.2 Å². The van der Waals surface area contributed by atoms with Crippen LogP contribution in [0.3, 0.4) is 0 Å². The van der Waals surface area contributed by atoms with E-state index in [2.05, 4.69) is 167 Å². The van der Waals surface area contributed by atoms with Crippen LogP contribution in [-0.2, 0) is 12.8 Å². The standard InChI is InChI=1S/C23H25FN2O.C23H26N2O.C21H25FN2O.C20H27FN2O.C20H24N2O.C19H21FN2O/c1-22(2,14-16-9-6-5-7-10-16)23(3,4)26-21(27)18-13-17-11-8-12-19(24)20(17)25-15-18;1-17-9-7-13-19-15-20(16-24-21(17)19)22(26)25-23(2,3)14-8-12-18-10-5-4-6-11-18;1-6-21(11-14(2)3,12-15(4)5)24-20(25)17-10-16-8-7-9-18(22)19(16)23-13-17;1-13(2)9-14(3)11-20(4,5)23-19(24)16-10-15-7-6-8-17(21)18(15)22-12-16;1-20(11-14-6-7-14,12-15-8-9-15)22-19(23)17-10-16-4-2-3-5-18(16)21-13-17;20-17-3-1-2-14-10-15(11-21-18(14)17)19(23)22-16(8-12-4-5-12)9-13-6-7-13/h5-13,15H,14H2,1-4H3,(H,26,27);4-7,9-11,13,15-16H,8,12,14H2,1-3H3,(H,25,26);7-10,13H,2,4,6,11-12H2,1,3,5H3,(H,24,25);6-8,10,12-14H,9,11H2,1-5H3,(H,23,24);2-5,10,13-15H,6-9,11-12H2,1H3,(H,22,23);1-3,10-13,16H,4-9H2,(H,22,23). The number of para-hydroxylation sites is 6. The van der Waals surface area contributed by atoms with Crippen LogP contribution >= 0.6 is 0 Å². The highest BCUT2D eigenvalue weighted by atomic mass is 19.1. The molecule has 4 aliphatic carbocycles. The monoisotopic (exact) mass is 2000 g/mol. The van der Waals surface area contributed by atoms with Crippen molar-refractivity contribution in [1.29, 1.82) is 0 Å². The molecule has 18 rings (SSSR count). The number of benzene rings is 8. The van der Waals surface area contributed by atoms with Crippen LogP contribution < -0.4 is 31.9 Å². The van der Waals surface area contributed by atoms with Crippen LogP contribution in [0.1, 0.15) is 305 Å². The van der Waals surface area contributed by atoms with Crippen molar-refractivity contribution in [2.75, 3.05) is 0 Å². The van der Waals surface area contributed by atoms with Crippen molar-refractivity contribution in [3.63, 3.8) is 0 Å². The van der Waals surface area contributed by atoms with Gasteiger partial charge in [-0.1, -0.05) is 250 Å². The number of hydrogen-bond donors (Lipinski definition) is 6. The van der Waals surface area contributed by atoms with Gasteiger partial charge in [-0.05, 0) is 277 Å². The maximum absolute atomic E-state index is 13.8. The molecule has 4 aliphatic rings. The predicted octanol–water partition coefficient (Wildman–Crippen LogP) is 28.8. The number of pyridine rings is 6. The molecule has 0 radical (unpaired) electrons. The number of aryl methyl sites for hydroxylation is 2. The molecule has 8 aromatic carbocycles. The Labute approximate surface area is 871 Å². The highest BCUT2D eigenvalue weighted by Crippen LogP contribution is 2.45. The summed E-state index contributed by atoms with van der Waals surface area (Å²) in [7, 11) is 0. The number of amides is 6. The van der Waals surface area contributed by atoms with Gasteiger partial charge < -0.3 is 31.9 Å². The molecule has 0 bridgehead atoms. The Hall–Kier alpha value is -13.8. The first kappa shape index (κ1) is 111. The number of rotatable bonds is 36. The Balaban J connectivity index is 0.000000148. The van der Waals surface area contributed by atoms with Crippen LogP contribution in [0.25, 0.3) is 65.4 Å². The van der Waals surface area contributed by atoms with Gasteiger partial charge in [-0.3, -0.25) is 58.7 Å². The van der Waals surface area contributed by atoms with E-state index in [0.717, 1.165) is 133 Å². The van der Waals surface area contributed by atoms with E-state index in [1.165, 1.54) is 112 Å². The molecule has 0 spiro atoms. The summed E-state index contributed by atoms with van der Waals surface area (Å²) in [5, 5.41) is 23.6. The first-order chi connectivity index (χ1) is 70.4. The van der Waals surface area contributed by atoms with E-state index < -0.39 is 16.9 Å². The third kappa shape index (κ3) is 32.9. The summed E-state index contributed by atoms with van der Waals surface area (Å²) < 4.78 is 54.9. The van der Waals surface area contributed by atoms with Crippen LogP contribution in [0.2, 0.25) is 0 Å². The zero-order chi connectivity index (χ0) is 106. The molecular formula is C126H148F4N12O6. The molecule has 4 saturated carbocycles. The molecule has 18 nitrogen and oxygen atoms in total. The van der Waals surface area contributed by atoms with Crippen molar-refractivity contribution in [3.8, 4) is 0 Å². The minimum Gasteiger partial charge on any atom is -0.349 e. The normalized spacial score (nSPS) is 13.9. The van der Waals surface area contributed by atoms with E-state index in [4.69, 9.17) is 0 Å². The highest BCUT2D eigenvalue weighted by molar-refractivity contribution is 6.02. The summed E-state index contributed by atoms with van der Waals surface area (Å²) in [6.07, 6.45) is 32.1. The number of carbonyl (C=O) groups excluding carboxylic acids is 6. The molecule has 22 heteroatoms. The molecule has 1 unspecified atom stereocenters. The van der Waals surface area contributed by atoms with Gasteiger partial charge in [0.2, 0.25) is 0 Å². The number of halogens is 4. The first-order valence-electron chi connectivity index (χ1n) is 52.6. The largest absolute Gasteiger partial charge is 0.349 e. The Bertz CT molecular complexity index is 6990. The fourth-order valence-corrected chi connectivity index (χ4v) is 19.9. The molecule has 776 valence electrons. The van der Waals surface area contributed by atoms with Crippen LogP contribution in [0.4, 0.5) is 17.6 Å².